The quantitative estimate of drug-likeness (QED) is 0.689. The lowest BCUT2D eigenvalue weighted by molar-refractivity contribution is -0.114. The van der Waals surface area contributed by atoms with E-state index in [-0.39, 0.29) is 11.6 Å². The average molecular weight is 228 g/mol. The summed E-state index contributed by atoms with van der Waals surface area (Å²) in [5.41, 5.74) is 2.46. The predicted octanol–water partition coefficient (Wildman–Crippen LogP) is 2.04. The minimum absolute atomic E-state index is 0.0150. The fraction of sp³-hybridized carbons (Fsp3) is 0.143. The molecule has 0 aliphatic heterocycles. The van der Waals surface area contributed by atoms with Crippen LogP contribution in [0.5, 0.6) is 0 Å². The average Bonchev–Trinajstić information content (AvgIpc) is 2.33. The molecule has 2 aliphatic rings. The van der Waals surface area contributed by atoms with E-state index < -0.39 is 0 Å². The largest absolute Gasteiger partial charge is 0.493 e. The Kier molecular flexibility index (Phi) is 2.91. The summed E-state index contributed by atoms with van der Waals surface area (Å²) in [7, 11) is 1.46. The molecule has 0 aromatic carbocycles. The summed E-state index contributed by atoms with van der Waals surface area (Å²) >= 11 is 0. The Bertz CT molecular complexity index is 540. The van der Waals surface area contributed by atoms with Crippen LogP contribution < -0.4 is 0 Å². The van der Waals surface area contributed by atoms with Crippen molar-refractivity contribution in [1.82, 2.24) is 0 Å². The molecule has 3 nitrogen and oxygen atoms in total. The number of hydrogen-bond donors (Lipinski definition) is 0. The molecule has 3 heteroatoms. The van der Waals surface area contributed by atoms with E-state index in [9.17, 15) is 9.59 Å². The number of hydrogen-bond acceptors (Lipinski definition) is 3. The number of allylic oxidation sites excluding steroid dienone is 9. The van der Waals surface area contributed by atoms with Gasteiger partial charge in [-0.05, 0) is 47.9 Å². The van der Waals surface area contributed by atoms with Crippen LogP contribution in [0.25, 0.3) is 0 Å². The Morgan fingerprint density at radius 3 is 2.06 bits per heavy atom. The zero-order chi connectivity index (χ0) is 12.4. The maximum absolute atomic E-state index is 11.4. The molecule has 0 saturated carbocycles. The first-order chi connectivity index (χ1) is 8.11. The second-order valence-corrected chi connectivity index (χ2v) is 3.85. The molecule has 2 aliphatic carbocycles. The van der Waals surface area contributed by atoms with Gasteiger partial charge in [0.2, 0.25) is 5.78 Å². The SMILES string of the molecule is COC1=C/C(=C2\C=CC(=O)C(C)=C2)C=CC1=O. The molecule has 2 rings (SSSR count). The number of carbonyl (C=O) groups is 2. The van der Waals surface area contributed by atoms with Gasteiger partial charge in [0, 0.05) is 0 Å². The Hall–Kier alpha value is -2.16. The van der Waals surface area contributed by atoms with Crippen molar-refractivity contribution < 1.29 is 14.3 Å². The molecule has 0 heterocycles. The first-order valence-electron chi connectivity index (χ1n) is 5.25. The number of ketones is 2. The molecule has 0 atom stereocenters. The summed E-state index contributed by atoms with van der Waals surface area (Å²) in [6, 6.07) is 0. The van der Waals surface area contributed by atoms with Gasteiger partial charge in [-0.25, -0.2) is 0 Å². The molecule has 0 N–H and O–H groups in total. The van der Waals surface area contributed by atoms with Crippen molar-refractivity contribution in [1.29, 1.82) is 0 Å². The van der Waals surface area contributed by atoms with Crippen LogP contribution in [0, 0.1) is 0 Å². The lowest BCUT2D eigenvalue weighted by Gasteiger charge is -2.12. The third-order valence-electron chi connectivity index (χ3n) is 2.67. The summed E-state index contributed by atoms with van der Waals surface area (Å²) in [4.78, 5) is 22.7. The molecule has 0 spiro atoms. The first kappa shape index (κ1) is 11.3. The fourth-order valence-electron chi connectivity index (χ4n) is 1.68. The topological polar surface area (TPSA) is 43.4 Å². The van der Waals surface area contributed by atoms with Gasteiger partial charge in [-0.15, -0.1) is 0 Å². The third-order valence-corrected chi connectivity index (χ3v) is 2.67. The second kappa shape index (κ2) is 4.37. The Morgan fingerprint density at radius 2 is 1.47 bits per heavy atom. The van der Waals surface area contributed by atoms with Gasteiger partial charge < -0.3 is 4.74 Å². The van der Waals surface area contributed by atoms with E-state index in [1.165, 1.54) is 19.3 Å². The molecule has 0 radical (unpaired) electrons. The monoisotopic (exact) mass is 228 g/mol. The molecule has 86 valence electrons. The molecule has 0 amide bonds. The highest BCUT2D eigenvalue weighted by molar-refractivity contribution is 6.06. The fourth-order valence-corrected chi connectivity index (χ4v) is 1.68. The Balaban J connectivity index is 2.45. The van der Waals surface area contributed by atoms with Crippen molar-refractivity contribution in [3.63, 3.8) is 0 Å². The third kappa shape index (κ3) is 2.18. The van der Waals surface area contributed by atoms with Crippen LogP contribution in [0.15, 0.2) is 58.9 Å². The molecule has 0 unspecified atom stereocenters. The van der Waals surface area contributed by atoms with E-state index in [1.54, 1.807) is 25.2 Å². The lowest BCUT2D eigenvalue weighted by Crippen LogP contribution is -2.07. The summed E-state index contributed by atoms with van der Waals surface area (Å²) in [5, 5.41) is 0. The van der Waals surface area contributed by atoms with Gasteiger partial charge in [0.05, 0.1) is 7.11 Å². The van der Waals surface area contributed by atoms with Gasteiger partial charge in [-0.3, -0.25) is 9.59 Å². The number of ether oxygens (including phenoxy) is 1. The van der Waals surface area contributed by atoms with Gasteiger partial charge in [0.25, 0.3) is 0 Å². The van der Waals surface area contributed by atoms with Gasteiger partial charge in [-0.1, -0.05) is 12.2 Å². The number of methoxy groups -OCH3 is 1. The summed E-state index contributed by atoms with van der Waals surface area (Å²) < 4.78 is 4.99. The predicted molar refractivity (Wildman–Crippen MR) is 64.2 cm³/mol. The maximum atomic E-state index is 11.4. The molecule has 0 fully saturated rings. The molecule has 0 saturated heterocycles. The van der Waals surface area contributed by atoms with Crippen LogP contribution >= 0.6 is 0 Å². The van der Waals surface area contributed by atoms with Gasteiger partial charge >= 0.3 is 0 Å². The molecule has 0 aromatic rings. The van der Waals surface area contributed by atoms with Gasteiger partial charge in [0.15, 0.2) is 11.5 Å². The lowest BCUT2D eigenvalue weighted by atomic mass is 9.95. The molecule has 17 heavy (non-hydrogen) atoms. The van der Waals surface area contributed by atoms with Crippen molar-refractivity contribution in [3.8, 4) is 0 Å². The summed E-state index contributed by atoms with van der Waals surface area (Å²) in [6.45, 7) is 1.77. The van der Waals surface area contributed by atoms with Crippen LogP contribution in [-0.4, -0.2) is 18.7 Å². The second-order valence-electron chi connectivity index (χ2n) is 3.85. The molecule has 0 bridgehead atoms. The summed E-state index contributed by atoms with van der Waals surface area (Å²) in [6.07, 6.45) is 9.96. The van der Waals surface area contributed by atoms with E-state index in [2.05, 4.69) is 0 Å². The first-order valence-corrected chi connectivity index (χ1v) is 5.25. The van der Waals surface area contributed by atoms with Crippen LogP contribution in [0.1, 0.15) is 6.92 Å². The standard InChI is InChI=1S/C14H12O3/c1-9-7-10(3-5-12(9)15)11-4-6-13(16)14(8-11)17-2/h3-8H,1-2H3/b11-10+. The van der Waals surface area contributed by atoms with Gasteiger partial charge in [-0.2, -0.15) is 0 Å². The summed E-state index contributed by atoms with van der Waals surface area (Å²) in [5.74, 6) is 0.181. The van der Waals surface area contributed by atoms with E-state index >= 15 is 0 Å². The van der Waals surface area contributed by atoms with E-state index in [4.69, 9.17) is 4.74 Å². The van der Waals surface area contributed by atoms with E-state index in [0.717, 1.165) is 11.1 Å². The highest BCUT2D eigenvalue weighted by Gasteiger charge is 2.14. The smallest absolute Gasteiger partial charge is 0.220 e. The molecule has 0 aromatic heterocycles. The maximum Gasteiger partial charge on any atom is 0.220 e. The number of carbonyl (C=O) groups excluding carboxylic acids is 2. The Morgan fingerprint density at radius 1 is 0.882 bits per heavy atom. The highest BCUT2D eigenvalue weighted by atomic mass is 16.5. The molecular formula is C14H12O3. The van der Waals surface area contributed by atoms with E-state index in [1.807, 2.05) is 6.08 Å². The van der Waals surface area contributed by atoms with Crippen LogP contribution in [-0.2, 0) is 14.3 Å². The number of rotatable bonds is 1. The minimum atomic E-state index is -0.145. The normalized spacial score (nSPS) is 23.6. The molecular weight excluding hydrogens is 216 g/mol. The zero-order valence-corrected chi connectivity index (χ0v) is 9.69. The van der Waals surface area contributed by atoms with Crippen molar-refractivity contribution in [2.45, 2.75) is 6.92 Å². The van der Waals surface area contributed by atoms with E-state index in [0.29, 0.717) is 11.3 Å². The Labute approximate surface area is 99.5 Å². The highest BCUT2D eigenvalue weighted by Crippen LogP contribution is 2.22. The van der Waals surface area contributed by atoms with Crippen molar-refractivity contribution in [2.75, 3.05) is 7.11 Å². The van der Waals surface area contributed by atoms with Crippen molar-refractivity contribution >= 4 is 11.6 Å². The van der Waals surface area contributed by atoms with Crippen LogP contribution in [0.2, 0.25) is 0 Å². The van der Waals surface area contributed by atoms with Crippen LogP contribution in [0.3, 0.4) is 0 Å². The van der Waals surface area contributed by atoms with Crippen molar-refractivity contribution in [3.05, 3.63) is 58.9 Å². The van der Waals surface area contributed by atoms with Crippen molar-refractivity contribution in [2.24, 2.45) is 0 Å². The van der Waals surface area contributed by atoms with Crippen LogP contribution in [0.4, 0.5) is 0 Å². The van der Waals surface area contributed by atoms with Gasteiger partial charge in [0.1, 0.15) is 0 Å². The zero-order valence-electron chi connectivity index (χ0n) is 9.69. The minimum Gasteiger partial charge on any atom is -0.493 e.